The first-order chi connectivity index (χ1) is 7.45. The van der Waals surface area contributed by atoms with E-state index in [9.17, 15) is 9.90 Å². The Bertz CT molecular complexity index is 378. The lowest BCUT2D eigenvalue weighted by atomic mass is 9.96. The van der Waals surface area contributed by atoms with Gasteiger partial charge in [-0.2, -0.15) is 0 Å². The molecule has 0 radical (unpaired) electrons. The molecule has 1 aromatic rings. The molecular formula is C12H17NO3. The van der Waals surface area contributed by atoms with Gasteiger partial charge in [0.25, 0.3) is 0 Å². The number of phenolic OH excluding ortho intramolecular Hbond substituents is 1. The Morgan fingerprint density at radius 2 is 1.94 bits per heavy atom. The van der Waals surface area contributed by atoms with Gasteiger partial charge in [-0.15, -0.1) is 0 Å². The van der Waals surface area contributed by atoms with Crippen LogP contribution in [0.5, 0.6) is 5.75 Å². The molecule has 3 N–H and O–H groups in total. The smallest absolute Gasteiger partial charge is 0.322 e. The van der Waals surface area contributed by atoms with E-state index in [-0.39, 0.29) is 5.75 Å². The van der Waals surface area contributed by atoms with Crippen molar-refractivity contribution in [1.82, 2.24) is 0 Å². The van der Waals surface area contributed by atoms with Gasteiger partial charge in [0.15, 0.2) is 0 Å². The highest BCUT2D eigenvalue weighted by Crippen LogP contribution is 2.21. The van der Waals surface area contributed by atoms with Gasteiger partial charge >= 0.3 is 5.97 Å². The first kappa shape index (κ1) is 12.5. The van der Waals surface area contributed by atoms with Crippen molar-refractivity contribution < 1.29 is 14.6 Å². The van der Waals surface area contributed by atoms with Crippen molar-refractivity contribution in [1.29, 1.82) is 0 Å². The summed E-state index contributed by atoms with van der Waals surface area (Å²) < 4.78 is 4.57. The van der Waals surface area contributed by atoms with Crippen molar-refractivity contribution in [3.8, 4) is 5.75 Å². The van der Waals surface area contributed by atoms with Crippen LogP contribution in [-0.4, -0.2) is 24.2 Å². The number of rotatable bonds is 3. The number of methoxy groups -OCH3 is 1. The number of ether oxygens (including phenoxy) is 1. The zero-order chi connectivity index (χ0) is 12.3. The second-order valence-corrected chi connectivity index (χ2v) is 3.89. The Balaban J connectivity index is 2.93. The Labute approximate surface area is 95.0 Å². The van der Waals surface area contributed by atoms with Gasteiger partial charge in [0.2, 0.25) is 0 Å². The van der Waals surface area contributed by atoms with Crippen LogP contribution in [0.4, 0.5) is 0 Å². The average Bonchev–Trinajstić information content (AvgIpc) is 2.21. The second-order valence-electron chi connectivity index (χ2n) is 3.89. The van der Waals surface area contributed by atoms with Crippen molar-refractivity contribution >= 4 is 5.97 Å². The summed E-state index contributed by atoms with van der Waals surface area (Å²) in [6, 6.07) is 2.66. The van der Waals surface area contributed by atoms with Gasteiger partial charge in [-0.05, 0) is 49.1 Å². The van der Waals surface area contributed by atoms with Crippen molar-refractivity contribution in [3.05, 3.63) is 28.8 Å². The van der Waals surface area contributed by atoms with Gasteiger partial charge in [0.1, 0.15) is 11.8 Å². The number of phenols is 1. The first-order valence-electron chi connectivity index (χ1n) is 5.08. The normalized spacial score (nSPS) is 12.2. The third-order valence-electron chi connectivity index (χ3n) is 2.61. The van der Waals surface area contributed by atoms with Gasteiger partial charge in [-0.3, -0.25) is 4.79 Å². The van der Waals surface area contributed by atoms with Crippen LogP contribution in [0.1, 0.15) is 16.7 Å². The summed E-state index contributed by atoms with van der Waals surface area (Å²) in [5.41, 5.74) is 8.54. The van der Waals surface area contributed by atoms with Gasteiger partial charge in [0.05, 0.1) is 7.11 Å². The number of aryl methyl sites for hydroxylation is 2. The summed E-state index contributed by atoms with van der Waals surface area (Å²) in [5.74, 6) is -0.197. The summed E-state index contributed by atoms with van der Waals surface area (Å²) >= 11 is 0. The number of carbonyl (C=O) groups excluding carboxylic acids is 1. The molecular weight excluding hydrogens is 206 g/mol. The fourth-order valence-electron chi connectivity index (χ4n) is 1.75. The Morgan fingerprint density at radius 1 is 1.44 bits per heavy atom. The van der Waals surface area contributed by atoms with Crippen molar-refractivity contribution in [3.63, 3.8) is 0 Å². The van der Waals surface area contributed by atoms with Crippen LogP contribution < -0.4 is 5.73 Å². The molecule has 0 spiro atoms. The lowest BCUT2D eigenvalue weighted by Crippen LogP contribution is -2.34. The highest BCUT2D eigenvalue weighted by molar-refractivity contribution is 5.75. The number of esters is 1. The maximum atomic E-state index is 11.2. The van der Waals surface area contributed by atoms with E-state index < -0.39 is 12.0 Å². The third-order valence-corrected chi connectivity index (χ3v) is 2.61. The van der Waals surface area contributed by atoms with Gasteiger partial charge in [-0.25, -0.2) is 0 Å². The number of hydrogen-bond donors (Lipinski definition) is 2. The lowest BCUT2D eigenvalue weighted by molar-refractivity contribution is -0.142. The van der Waals surface area contributed by atoms with E-state index in [1.165, 1.54) is 7.11 Å². The molecule has 1 aromatic carbocycles. The average molecular weight is 223 g/mol. The molecule has 4 heteroatoms. The monoisotopic (exact) mass is 223 g/mol. The zero-order valence-electron chi connectivity index (χ0n) is 9.78. The third kappa shape index (κ3) is 2.73. The molecule has 88 valence electrons. The molecule has 0 saturated carbocycles. The SMILES string of the molecule is COC(=O)[C@@H](N)Cc1c(C)cc(O)cc1C. The molecule has 16 heavy (non-hydrogen) atoms. The molecule has 0 fully saturated rings. The minimum Gasteiger partial charge on any atom is -0.508 e. The largest absolute Gasteiger partial charge is 0.508 e. The summed E-state index contributed by atoms with van der Waals surface area (Å²) in [6.07, 6.45) is 0.421. The van der Waals surface area contributed by atoms with Crippen LogP contribution in [0.25, 0.3) is 0 Å². The van der Waals surface area contributed by atoms with Crippen molar-refractivity contribution in [2.45, 2.75) is 26.3 Å². The molecule has 0 aliphatic heterocycles. The minimum absolute atomic E-state index is 0.227. The summed E-state index contributed by atoms with van der Waals surface area (Å²) in [5, 5.41) is 9.38. The molecule has 0 heterocycles. The number of benzene rings is 1. The molecule has 0 unspecified atom stereocenters. The van der Waals surface area contributed by atoms with E-state index in [1.807, 2.05) is 13.8 Å². The topological polar surface area (TPSA) is 72.5 Å². The lowest BCUT2D eigenvalue weighted by Gasteiger charge is -2.14. The van der Waals surface area contributed by atoms with E-state index in [2.05, 4.69) is 4.74 Å². The standard InChI is InChI=1S/C12H17NO3/c1-7-4-9(14)5-8(2)10(7)6-11(13)12(15)16-3/h4-5,11,14H,6,13H2,1-3H3/t11-/m0/s1. The molecule has 0 saturated heterocycles. The predicted molar refractivity (Wildman–Crippen MR) is 61.3 cm³/mol. The highest BCUT2D eigenvalue weighted by atomic mass is 16.5. The zero-order valence-corrected chi connectivity index (χ0v) is 9.78. The van der Waals surface area contributed by atoms with Gasteiger partial charge in [-0.1, -0.05) is 0 Å². The number of nitrogens with two attached hydrogens (primary N) is 1. The molecule has 4 nitrogen and oxygen atoms in total. The Morgan fingerprint density at radius 3 is 2.38 bits per heavy atom. The second kappa shape index (κ2) is 4.99. The summed E-state index contributed by atoms with van der Waals surface area (Å²) in [7, 11) is 1.32. The summed E-state index contributed by atoms with van der Waals surface area (Å²) in [4.78, 5) is 11.2. The van der Waals surface area contributed by atoms with E-state index in [4.69, 9.17) is 5.73 Å². The minimum atomic E-state index is -0.660. The van der Waals surface area contributed by atoms with Crippen molar-refractivity contribution in [2.24, 2.45) is 5.73 Å². The quantitative estimate of drug-likeness (QED) is 0.751. The predicted octanol–water partition coefficient (Wildman–Crippen LogP) is 1.05. The summed E-state index contributed by atoms with van der Waals surface area (Å²) in [6.45, 7) is 3.76. The highest BCUT2D eigenvalue weighted by Gasteiger charge is 2.16. The number of hydrogen-bond acceptors (Lipinski definition) is 4. The maximum Gasteiger partial charge on any atom is 0.322 e. The Hall–Kier alpha value is -1.55. The van der Waals surface area contributed by atoms with Crippen LogP contribution in [0.3, 0.4) is 0 Å². The molecule has 0 amide bonds. The first-order valence-corrected chi connectivity index (χ1v) is 5.08. The molecule has 0 bridgehead atoms. The molecule has 1 rings (SSSR count). The van der Waals surface area contributed by atoms with Crippen LogP contribution in [0, 0.1) is 13.8 Å². The molecule has 0 aliphatic carbocycles. The molecule has 0 aromatic heterocycles. The van der Waals surface area contributed by atoms with Crippen LogP contribution in [-0.2, 0) is 16.0 Å². The van der Waals surface area contributed by atoms with Gasteiger partial charge in [0, 0.05) is 0 Å². The van der Waals surface area contributed by atoms with Gasteiger partial charge < -0.3 is 15.6 Å². The van der Waals surface area contributed by atoms with E-state index in [0.29, 0.717) is 6.42 Å². The fraction of sp³-hybridized carbons (Fsp3) is 0.417. The van der Waals surface area contributed by atoms with Crippen LogP contribution in [0.2, 0.25) is 0 Å². The van der Waals surface area contributed by atoms with E-state index >= 15 is 0 Å². The maximum absolute atomic E-state index is 11.2. The fourth-order valence-corrected chi connectivity index (χ4v) is 1.75. The number of carbonyl (C=O) groups is 1. The van der Waals surface area contributed by atoms with E-state index in [0.717, 1.165) is 16.7 Å². The van der Waals surface area contributed by atoms with Crippen LogP contribution in [0.15, 0.2) is 12.1 Å². The van der Waals surface area contributed by atoms with Crippen molar-refractivity contribution in [2.75, 3.05) is 7.11 Å². The molecule has 1 atom stereocenters. The number of aromatic hydroxyl groups is 1. The molecule has 0 aliphatic rings. The van der Waals surface area contributed by atoms with E-state index in [1.54, 1.807) is 12.1 Å². The Kier molecular flexibility index (Phi) is 3.90. The van der Waals surface area contributed by atoms with Crippen LogP contribution >= 0.6 is 0 Å².